The van der Waals surface area contributed by atoms with Crippen molar-refractivity contribution in [3.05, 3.63) is 94.7 Å². The van der Waals surface area contributed by atoms with Crippen molar-refractivity contribution in [2.24, 2.45) is 0 Å². The minimum absolute atomic E-state index is 0. The summed E-state index contributed by atoms with van der Waals surface area (Å²) in [6.07, 6.45) is -1.53. The van der Waals surface area contributed by atoms with E-state index in [-0.39, 0.29) is 76.2 Å². The van der Waals surface area contributed by atoms with Crippen LogP contribution in [0.3, 0.4) is 0 Å². The van der Waals surface area contributed by atoms with Crippen LogP contribution in [0.1, 0.15) is 62.1 Å². The van der Waals surface area contributed by atoms with Gasteiger partial charge in [0.1, 0.15) is 11.4 Å². The fourth-order valence-electron chi connectivity index (χ4n) is 6.73. The minimum atomic E-state index is -4.96. The number of fused-ring (bicyclic) bond motifs is 5. The molecule has 0 saturated carbocycles. The van der Waals surface area contributed by atoms with Gasteiger partial charge in [0.25, 0.3) is 11.8 Å². The number of ether oxygens (including phenoxy) is 2. The number of phenolic OH excluding ortho intramolecular Hbond substituents is 1. The molecule has 1 aliphatic carbocycles. The number of anilines is 2. The second kappa shape index (κ2) is 13.4. The molecule has 0 saturated heterocycles. The smallest absolute Gasteiger partial charge is 0.432 e. The molecule has 7 rings (SSSR count). The summed E-state index contributed by atoms with van der Waals surface area (Å²) in [4.78, 5) is 43.4. The zero-order valence-electron chi connectivity index (χ0n) is 26.8. The van der Waals surface area contributed by atoms with Gasteiger partial charge in [-0.2, -0.15) is 13.2 Å². The number of phenols is 1. The Bertz CT molecular complexity index is 2240. The van der Waals surface area contributed by atoms with E-state index < -0.39 is 46.9 Å². The van der Waals surface area contributed by atoms with Crippen molar-refractivity contribution >= 4 is 57.1 Å². The van der Waals surface area contributed by atoms with E-state index in [2.05, 4.69) is 22.0 Å². The number of aromatic amines is 1. The van der Waals surface area contributed by atoms with Crippen LogP contribution in [0.5, 0.6) is 11.5 Å². The van der Waals surface area contributed by atoms with Crippen molar-refractivity contribution in [1.29, 1.82) is 0 Å². The Morgan fingerprint density at radius 2 is 1.88 bits per heavy atom. The number of benzene rings is 3. The molecule has 1 unspecified atom stereocenters. The molecule has 3 aromatic carbocycles. The van der Waals surface area contributed by atoms with Crippen molar-refractivity contribution in [3.8, 4) is 11.5 Å². The van der Waals surface area contributed by atoms with E-state index in [4.69, 9.17) is 9.15 Å². The second-order valence-electron chi connectivity index (χ2n) is 11.9. The Balaban J connectivity index is 0.00000432. The zero-order valence-corrected chi connectivity index (χ0v) is 29.9. The van der Waals surface area contributed by atoms with Crippen LogP contribution in [-0.2, 0) is 22.1 Å². The number of carbonyl (C=O) groups is 3. The normalized spacial score (nSPS) is 15.5. The molecule has 14 heteroatoms. The van der Waals surface area contributed by atoms with Crippen LogP contribution < -0.4 is 15.0 Å². The molecule has 0 radical (unpaired) electrons. The van der Waals surface area contributed by atoms with Crippen LogP contribution in [0.2, 0.25) is 0 Å². The summed E-state index contributed by atoms with van der Waals surface area (Å²) in [7, 11) is 2.48. The molecule has 3 N–H and O–H groups in total. The standard InChI is InChI=1S/C36H29F3N3O7.Ce/c1-17-16-42(23-15-24(43)30-28(27(17)23)29(35(46)48-3)32(41-30)36(37,38)39)34(45)20-8-4-6-18-10-11-22(13-21(18)12-20)40-33(44)26-14-19-7-5-9-25(47-2)31(19)49-26;/h5,7,9-15,17,41,43H,1,4,6,8,16H2,2-3H3,(H,40,44);/q-1;. The predicted molar refractivity (Wildman–Crippen MR) is 175 cm³/mol. The third-order valence-electron chi connectivity index (χ3n) is 8.95. The summed E-state index contributed by atoms with van der Waals surface area (Å²) in [5.74, 6) is -2.83. The van der Waals surface area contributed by atoms with Gasteiger partial charge in [-0.15, -0.1) is 5.92 Å². The number of alkyl halides is 3. The van der Waals surface area contributed by atoms with Gasteiger partial charge in [-0.3, -0.25) is 9.59 Å². The van der Waals surface area contributed by atoms with E-state index in [9.17, 15) is 32.7 Å². The SMILES string of the molecule is [CH2-]C1CN(C(=O)C2=Cc3cc(NC(=O)c4cc5cccc(OC)c5o4)ccc3CCC2)c2cc(O)c3[nH]c(C(F)(F)F)c(C(=O)OC)c3c21.[Ce]. The summed E-state index contributed by atoms with van der Waals surface area (Å²) in [5.41, 5.74) is 0.948. The maximum Gasteiger partial charge on any atom is 0.432 e. The van der Waals surface area contributed by atoms with E-state index in [1.165, 1.54) is 18.1 Å². The van der Waals surface area contributed by atoms with Gasteiger partial charge in [0.2, 0.25) is 0 Å². The number of carbonyl (C=O) groups excluding carboxylic acids is 3. The van der Waals surface area contributed by atoms with Gasteiger partial charge in [0, 0.05) is 82.1 Å². The van der Waals surface area contributed by atoms with Gasteiger partial charge in [-0.1, -0.05) is 18.2 Å². The molecule has 2 aromatic heterocycles. The average molecular weight is 813 g/mol. The van der Waals surface area contributed by atoms with E-state index in [1.807, 2.05) is 6.07 Å². The number of H-pyrrole nitrogens is 1. The van der Waals surface area contributed by atoms with E-state index in [0.29, 0.717) is 52.8 Å². The Morgan fingerprint density at radius 3 is 2.60 bits per heavy atom. The number of rotatable bonds is 5. The molecule has 5 aromatic rings. The van der Waals surface area contributed by atoms with Crippen LogP contribution in [-0.4, -0.2) is 48.6 Å². The van der Waals surface area contributed by atoms with Gasteiger partial charge in [-0.25, -0.2) is 4.79 Å². The van der Waals surface area contributed by atoms with Gasteiger partial charge in [0.05, 0.1) is 25.3 Å². The molecular formula is C36H29CeF3N3O7-. The maximum atomic E-state index is 14.1. The number of aromatic hydroxyl groups is 1. The molecule has 3 heterocycles. The van der Waals surface area contributed by atoms with Crippen LogP contribution in [0.4, 0.5) is 24.5 Å². The number of hydrogen-bond donors (Lipinski definition) is 3. The first-order valence-electron chi connectivity index (χ1n) is 15.3. The third kappa shape index (κ3) is 6.04. The molecule has 0 spiro atoms. The fraction of sp³-hybridized carbons (Fsp3) is 0.222. The Hall–Kier alpha value is -4.34. The number of nitrogens with zero attached hydrogens (tertiary/aromatic N) is 1. The molecule has 0 bridgehead atoms. The quantitative estimate of drug-likeness (QED) is 0.125. The molecule has 2 aliphatic rings. The average Bonchev–Trinajstić information content (AvgIpc) is 3.74. The van der Waals surface area contributed by atoms with Crippen LogP contribution >= 0.6 is 0 Å². The first-order valence-corrected chi connectivity index (χ1v) is 15.3. The van der Waals surface area contributed by atoms with Crippen molar-refractivity contribution in [2.75, 3.05) is 31.0 Å². The molecular weight excluding hydrogens is 784 g/mol. The molecule has 10 nitrogen and oxygen atoms in total. The van der Waals surface area contributed by atoms with Crippen LogP contribution in [0.25, 0.3) is 27.9 Å². The number of para-hydroxylation sites is 1. The summed E-state index contributed by atoms with van der Waals surface area (Å²) in [5, 5.41) is 14.2. The van der Waals surface area contributed by atoms with Crippen LogP contribution in [0.15, 0.2) is 58.5 Å². The number of aromatic nitrogens is 1. The van der Waals surface area contributed by atoms with Crippen molar-refractivity contribution in [2.45, 2.75) is 31.4 Å². The summed E-state index contributed by atoms with van der Waals surface area (Å²) in [6, 6.07) is 13.6. The maximum absolute atomic E-state index is 14.1. The molecule has 0 fully saturated rings. The Labute approximate surface area is 317 Å². The monoisotopic (exact) mass is 812 g/mol. The topological polar surface area (TPSA) is 134 Å². The largest absolute Gasteiger partial charge is 0.506 e. The van der Waals surface area contributed by atoms with Gasteiger partial charge >= 0.3 is 12.1 Å². The third-order valence-corrected chi connectivity index (χ3v) is 8.95. The van der Waals surface area contributed by atoms with Gasteiger partial charge < -0.3 is 41.1 Å². The van der Waals surface area contributed by atoms with Crippen molar-refractivity contribution < 1.29 is 88.3 Å². The van der Waals surface area contributed by atoms with Gasteiger partial charge in [-0.05, 0) is 66.3 Å². The first kappa shape index (κ1) is 35.5. The summed E-state index contributed by atoms with van der Waals surface area (Å²) < 4.78 is 57.7. The van der Waals surface area contributed by atoms with E-state index in [1.54, 1.807) is 42.5 Å². The number of nitrogens with one attached hydrogen (secondary N) is 2. The molecule has 2 amide bonds. The number of furan rings is 1. The van der Waals surface area contributed by atoms with Crippen molar-refractivity contribution in [3.63, 3.8) is 0 Å². The molecule has 1 atom stereocenters. The molecule has 1 aliphatic heterocycles. The van der Waals surface area contributed by atoms with E-state index in [0.717, 1.165) is 12.7 Å². The van der Waals surface area contributed by atoms with Crippen LogP contribution in [0, 0.1) is 48.7 Å². The van der Waals surface area contributed by atoms with Gasteiger partial charge in [0.15, 0.2) is 17.1 Å². The number of halogens is 3. The number of aryl methyl sites for hydroxylation is 1. The zero-order chi connectivity index (χ0) is 34.8. The Kier molecular flexibility index (Phi) is 9.52. The number of amides is 2. The molecule has 50 heavy (non-hydrogen) atoms. The minimum Gasteiger partial charge on any atom is -0.506 e. The second-order valence-corrected chi connectivity index (χ2v) is 11.9. The summed E-state index contributed by atoms with van der Waals surface area (Å²) >= 11 is 0. The predicted octanol–water partition coefficient (Wildman–Crippen LogP) is 7.37. The number of methoxy groups -OCH3 is 2. The number of hydrogen-bond acceptors (Lipinski definition) is 7. The van der Waals surface area contributed by atoms with E-state index >= 15 is 0 Å². The fourth-order valence-corrected chi connectivity index (χ4v) is 6.73. The Morgan fingerprint density at radius 1 is 1.10 bits per heavy atom. The number of esters is 1. The molecule has 256 valence electrons. The van der Waals surface area contributed by atoms with Crippen molar-refractivity contribution in [1.82, 2.24) is 4.98 Å². The summed E-state index contributed by atoms with van der Waals surface area (Å²) in [6.45, 7) is 4.08. The first-order chi connectivity index (χ1) is 23.4.